The van der Waals surface area contributed by atoms with Gasteiger partial charge in [0.2, 0.25) is 0 Å². The van der Waals surface area contributed by atoms with E-state index in [1.54, 1.807) is 0 Å². The first-order valence-corrected chi connectivity index (χ1v) is 6.43. The van der Waals surface area contributed by atoms with E-state index in [-0.39, 0.29) is 5.54 Å². The third-order valence-corrected chi connectivity index (χ3v) is 3.31. The topological polar surface area (TPSA) is 26.0 Å². The summed E-state index contributed by atoms with van der Waals surface area (Å²) in [5, 5.41) is 0. The number of rotatable bonds is 6. The number of nitrogens with two attached hydrogens (primary N) is 1. The second kappa shape index (κ2) is 6.05. The molecule has 0 amide bonds. The summed E-state index contributed by atoms with van der Waals surface area (Å²) in [5.41, 5.74) is 8.86. The van der Waals surface area contributed by atoms with E-state index < -0.39 is 0 Å². The van der Waals surface area contributed by atoms with E-state index in [9.17, 15) is 0 Å². The molecule has 1 heteroatoms. The van der Waals surface area contributed by atoms with Crippen LogP contribution in [-0.4, -0.2) is 0 Å². The van der Waals surface area contributed by atoms with Gasteiger partial charge in [-0.25, -0.2) is 0 Å². The van der Waals surface area contributed by atoms with Crippen LogP contribution in [0.5, 0.6) is 0 Å². The van der Waals surface area contributed by atoms with Gasteiger partial charge in [-0.3, -0.25) is 0 Å². The Labute approximate surface area is 100 Å². The van der Waals surface area contributed by atoms with Gasteiger partial charge in [-0.2, -0.15) is 0 Å². The summed E-state index contributed by atoms with van der Waals surface area (Å²) in [7, 11) is 0. The maximum Gasteiger partial charge on any atom is 0.0383 e. The summed E-state index contributed by atoms with van der Waals surface area (Å²) in [6, 6.07) is 8.47. The predicted octanol–water partition coefficient (Wildman–Crippen LogP) is 4.14. The number of unbranched alkanes of at least 4 members (excludes halogenated alkanes) is 3. The molecule has 0 bridgehead atoms. The van der Waals surface area contributed by atoms with Crippen LogP contribution in [-0.2, 0) is 5.54 Å². The molecular weight excluding hydrogens is 194 g/mol. The molecule has 0 saturated carbocycles. The summed E-state index contributed by atoms with van der Waals surface area (Å²) < 4.78 is 0. The molecule has 90 valence electrons. The second-order valence-corrected chi connectivity index (χ2v) is 5.04. The zero-order valence-corrected chi connectivity index (χ0v) is 10.9. The number of aryl methyl sites for hydroxylation is 1. The van der Waals surface area contributed by atoms with Crippen LogP contribution in [0.3, 0.4) is 0 Å². The lowest BCUT2D eigenvalue weighted by Crippen LogP contribution is -2.33. The molecule has 1 aromatic rings. The molecule has 0 radical (unpaired) electrons. The average Bonchev–Trinajstić information content (AvgIpc) is 2.25. The van der Waals surface area contributed by atoms with Crippen LogP contribution in [0.4, 0.5) is 0 Å². The van der Waals surface area contributed by atoms with Gasteiger partial charge in [0.15, 0.2) is 0 Å². The molecule has 0 aliphatic rings. The minimum Gasteiger partial charge on any atom is -0.322 e. The number of benzene rings is 1. The molecule has 0 saturated heterocycles. The van der Waals surface area contributed by atoms with E-state index in [2.05, 4.69) is 45.0 Å². The SMILES string of the molecule is CCCCCCC(C)(N)c1ccccc1C. The van der Waals surface area contributed by atoms with Gasteiger partial charge in [-0.1, -0.05) is 56.9 Å². The molecule has 1 aromatic carbocycles. The highest BCUT2D eigenvalue weighted by atomic mass is 14.7. The maximum absolute atomic E-state index is 6.42. The molecule has 1 nitrogen and oxygen atoms in total. The van der Waals surface area contributed by atoms with Crippen molar-refractivity contribution in [3.63, 3.8) is 0 Å². The Morgan fingerprint density at radius 1 is 1.12 bits per heavy atom. The monoisotopic (exact) mass is 219 g/mol. The summed E-state index contributed by atoms with van der Waals surface area (Å²) in [6.45, 7) is 6.54. The standard InChI is InChI=1S/C15H25N/c1-4-5-6-9-12-15(3,16)14-11-8-7-10-13(14)2/h7-8,10-11H,4-6,9,12,16H2,1-3H3. The summed E-state index contributed by atoms with van der Waals surface area (Å²) >= 11 is 0. The molecule has 1 atom stereocenters. The van der Waals surface area contributed by atoms with Crippen molar-refractivity contribution in [1.82, 2.24) is 0 Å². The maximum atomic E-state index is 6.42. The predicted molar refractivity (Wildman–Crippen MR) is 71.5 cm³/mol. The molecule has 0 aliphatic heterocycles. The van der Waals surface area contributed by atoms with E-state index in [0.29, 0.717) is 0 Å². The Balaban J connectivity index is 2.59. The Bertz CT molecular complexity index is 315. The van der Waals surface area contributed by atoms with E-state index in [4.69, 9.17) is 5.73 Å². The van der Waals surface area contributed by atoms with Gasteiger partial charge in [-0.05, 0) is 31.4 Å². The van der Waals surface area contributed by atoms with E-state index in [1.807, 2.05) is 0 Å². The van der Waals surface area contributed by atoms with Crippen molar-refractivity contribution >= 4 is 0 Å². The Morgan fingerprint density at radius 3 is 2.44 bits per heavy atom. The molecular formula is C15H25N. The van der Waals surface area contributed by atoms with Gasteiger partial charge in [0.25, 0.3) is 0 Å². The van der Waals surface area contributed by atoms with Crippen molar-refractivity contribution in [3.8, 4) is 0 Å². The van der Waals surface area contributed by atoms with E-state index in [0.717, 1.165) is 6.42 Å². The Kier molecular flexibility index (Phi) is 5.01. The normalized spacial score (nSPS) is 14.8. The van der Waals surface area contributed by atoms with Gasteiger partial charge in [0.1, 0.15) is 0 Å². The van der Waals surface area contributed by atoms with Crippen LogP contribution < -0.4 is 5.73 Å². The fourth-order valence-corrected chi connectivity index (χ4v) is 2.27. The fraction of sp³-hybridized carbons (Fsp3) is 0.600. The van der Waals surface area contributed by atoms with Crippen molar-refractivity contribution in [3.05, 3.63) is 35.4 Å². The van der Waals surface area contributed by atoms with Crippen LogP contribution in [0.25, 0.3) is 0 Å². The van der Waals surface area contributed by atoms with E-state index >= 15 is 0 Å². The summed E-state index contributed by atoms with van der Waals surface area (Å²) in [4.78, 5) is 0. The first-order chi connectivity index (χ1) is 7.58. The van der Waals surface area contributed by atoms with Gasteiger partial charge in [0, 0.05) is 5.54 Å². The van der Waals surface area contributed by atoms with Gasteiger partial charge >= 0.3 is 0 Å². The van der Waals surface area contributed by atoms with E-state index in [1.165, 1.54) is 36.8 Å². The lowest BCUT2D eigenvalue weighted by molar-refractivity contribution is 0.422. The average molecular weight is 219 g/mol. The smallest absolute Gasteiger partial charge is 0.0383 e. The molecule has 16 heavy (non-hydrogen) atoms. The quantitative estimate of drug-likeness (QED) is 0.715. The summed E-state index contributed by atoms with van der Waals surface area (Å²) in [5.74, 6) is 0. The molecule has 1 rings (SSSR count). The molecule has 0 aliphatic carbocycles. The zero-order valence-electron chi connectivity index (χ0n) is 10.9. The Hall–Kier alpha value is -0.820. The lowest BCUT2D eigenvalue weighted by Gasteiger charge is -2.27. The fourth-order valence-electron chi connectivity index (χ4n) is 2.27. The number of hydrogen-bond acceptors (Lipinski definition) is 1. The highest BCUT2D eigenvalue weighted by Crippen LogP contribution is 2.26. The minimum atomic E-state index is -0.168. The van der Waals surface area contributed by atoms with Crippen molar-refractivity contribution in [1.29, 1.82) is 0 Å². The molecule has 0 aromatic heterocycles. The first-order valence-electron chi connectivity index (χ1n) is 6.43. The third-order valence-electron chi connectivity index (χ3n) is 3.31. The zero-order chi connectivity index (χ0) is 12.0. The molecule has 2 N–H and O–H groups in total. The Morgan fingerprint density at radius 2 is 1.81 bits per heavy atom. The van der Waals surface area contributed by atoms with Crippen LogP contribution in [0, 0.1) is 6.92 Å². The second-order valence-electron chi connectivity index (χ2n) is 5.04. The van der Waals surface area contributed by atoms with Crippen LogP contribution >= 0.6 is 0 Å². The van der Waals surface area contributed by atoms with Crippen LogP contribution in [0.1, 0.15) is 57.1 Å². The van der Waals surface area contributed by atoms with Crippen molar-refractivity contribution in [2.24, 2.45) is 5.73 Å². The van der Waals surface area contributed by atoms with Crippen LogP contribution in [0.15, 0.2) is 24.3 Å². The van der Waals surface area contributed by atoms with Crippen molar-refractivity contribution < 1.29 is 0 Å². The van der Waals surface area contributed by atoms with Crippen molar-refractivity contribution in [2.75, 3.05) is 0 Å². The molecule has 0 heterocycles. The molecule has 0 fully saturated rings. The van der Waals surface area contributed by atoms with Gasteiger partial charge in [0.05, 0.1) is 0 Å². The summed E-state index contributed by atoms with van der Waals surface area (Å²) in [6.07, 6.45) is 6.22. The molecule has 1 unspecified atom stereocenters. The molecule has 0 spiro atoms. The third kappa shape index (κ3) is 3.64. The largest absolute Gasteiger partial charge is 0.322 e. The van der Waals surface area contributed by atoms with Crippen LogP contribution in [0.2, 0.25) is 0 Å². The number of hydrogen-bond donors (Lipinski definition) is 1. The first kappa shape index (κ1) is 13.2. The minimum absolute atomic E-state index is 0.168. The van der Waals surface area contributed by atoms with Gasteiger partial charge in [-0.15, -0.1) is 0 Å². The van der Waals surface area contributed by atoms with Gasteiger partial charge < -0.3 is 5.73 Å². The highest BCUT2D eigenvalue weighted by Gasteiger charge is 2.21. The lowest BCUT2D eigenvalue weighted by atomic mass is 9.85. The van der Waals surface area contributed by atoms with Crippen molar-refractivity contribution in [2.45, 2.75) is 58.4 Å². The highest BCUT2D eigenvalue weighted by molar-refractivity contribution is 5.31.